The molecule has 0 heterocycles. The van der Waals surface area contributed by atoms with Crippen molar-refractivity contribution < 1.29 is 14.3 Å². The van der Waals surface area contributed by atoms with Crippen molar-refractivity contribution in [3.05, 3.63) is 59.2 Å². The number of hydrogen-bond acceptors (Lipinski definition) is 3. The monoisotopic (exact) mass is 339 g/mol. The minimum atomic E-state index is -0.156. The minimum Gasteiger partial charge on any atom is -0.493 e. The van der Waals surface area contributed by atoms with Crippen LogP contribution in [0.3, 0.4) is 0 Å². The van der Waals surface area contributed by atoms with E-state index in [9.17, 15) is 4.79 Å². The molecule has 4 nitrogen and oxygen atoms in total. The molecule has 1 amide bonds. The highest BCUT2D eigenvalue weighted by Crippen LogP contribution is 2.28. The molecule has 0 saturated carbocycles. The molecule has 0 unspecified atom stereocenters. The second-order valence-corrected chi connectivity index (χ2v) is 5.63. The van der Waals surface area contributed by atoms with E-state index < -0.39 is 0 Å². The van der Waals surface area contributed by atoms with E-state index in [1.54, 1.807) is 13.2 Å². The van der Waals surface area contributed by atoms with E-state index in [0.29, 0.717) is 18.1 Å². The van der Waals surface area contributed by atoms with Crippen LogP contribution in [0, 0.1) is 6.92 Å². The van der Waals surface area contributed by atoms with Crippen molar-refractivity contribution in [1.82, 2.24) is 0 Å². The third-order valence-corrected chi connectivity index (χ3v) is 3.90. The molecule has 0 aliphatic rings. The average molecular weight is 339 g/mol. The second kappa shape index (κ2) is 8.92. The van der Waals surface area contributed by atoms with Crippen molar-refractivity contribution >= 4 is 17.7 Å². The summed E-state index contributed by atoms with van der Waals surface area (Å²) in [5, 5.41) is 2.98. The number of carbonyl (C=O) groups is 1. The smallest absolute Gasteiger partial charge is 0.248 e. The van der Waals surface area contributed by atoms with Gasteiger partial charge in [0.15, 0.2) is 11.5 Å². The van der Waals surface area contributed by atoms with Gasteiger partial charge in [-0.05, 0) is 55.2 Å². The highest BCUT2D eigenvalue weighted by Gasteiger charge is 2.07. The van der Waals surface area contributed by atoms with Crippen LogP contribution in [0.25, 0.3) is 6.08 Å². The minimum absolute atomic E-state index is 0.156. The number of carbonyl (C=O) groups excluding carboxylic acids is 1. The standard InChI is InChI=1S/C21H25NO3/c1-5-17-9-7-8-15(3)21(17)22-20(23)13-11-16-10-12-18(25-6-2)19(14-16)24-4/h7-14H,5-6H2,1-4H3,(H,22,23)/b13-11+. The number of rotatable bonds is 7. The molecule has 0 radical (unpaired) electrons. The molecule has 0 aliphatic carbocycles. The Bertz CT molecular complexity index is 766. The first-order valence-corrected chi connectivity index (χ1v) is 8.47. The van der Waals surface area contributed by atoms with Gasteiger partial charge in [-0.1, -0.05) is 31.2 Å². The zero-order chi connectivity index (χ0) is 18.2. The number of methoxy groups -OCH3 is 1. The van der Waals surface area contributed by atoms with Crippen LogP contribution < -0.4 is 14.8 Å². The van der Waals surface area contributed by atoms with Crippen molar-refractivity contribution in [2.24, 2.45) is 0 Å². The molecule has 0 aromatic heterocycles. The van der Waals surface area contributed by atoms with Gasteiger partial charge in [0.05, 0.1) is 13.7 Å². The molecular weight excluding hydrogens is 314 g/mol. The van der Waals surface area contributed by atoms with E-state index in [4.69, 9.17) is 9.47 Å². The fraction of sp³-hybridized carbons (Fsp3) is 0.286. The summed E-state index contributed by atoms with van der Waals surface area (Å²) in [5.74, 6) is 1.19. The summed E-state index contributed by atoms with van der Waals surface area (Å²) in [6, 6.07) is 11.6. The highest BCUT2D eigenvalue weighted by molar-refractivity contribution is 6.02. The molecule has 2 aromatic carbocycles. The molecule has 132 valence electrons. The first kappa shape index (κ1) is 18.6. The largest absolute Gasteiger partial charge is 0.493 e. The average Bonchev–Trinajstić information content (AvgIpc) is 2.62. The Morgan fingerprint density at radius 1 is 1.16 bits per heavy atom. The maximum atomic E-state index is 12.3. The Morgan fingerprint density at radius 2 is 1.96 bits per heavy atom. The molecule has 25 heavy (non-hydrogen) atoms. The Kier molecular flexibility index (Phi) is 6.63. The molecular formula is C21H25NO3. The van der Waals surface area contributed by atoms with E-state index in [2.05, 4.69) is 12.2 Å². The van der Waals surface area contributed by atoms with Crippen LogP contribution in [0.2, 0.25) is 0 Å². The predicted octanol–water partition coefficient (Wildman–Crippen LogP) is 4.62. The number of benzene rings is 2. The van der Waals surface area contributed by atoms with Crippen LogP contribution in [0.1, 0.15) is 30.5 Å². The predicted molar refractivity (Wildman–Crippen MR) is 102 cm³/mol. The number of anilines is 1. The Hall–Kier alpha value is -2.75. The van der Waals surface area contributed by atoms with Crippen molar-refractivity contribution in [1.29, 1.82) is 0 Å². The molecule has 0 bridgehead atoms. The number of hydrogen-bond donors (Lipinski definition) is 1. The quantitative estimate of drug-likeness (QED) is 0.749. The van der Waals surface area contributed by atoms with Gasteiger partial charge < -0.3 is 14.8 Å². The highest BCUT2D eigenvalue weighted by atomic mass is 16.5. The first-order valence-electron chi connectivity index (χ1n) is 8.47. The molecule has 0 spiro atoms. The molecule has 0 atom stereocenters. The molecule has 2 aromatic rings. The summed E-state index contributed by atoms with van der Waals surface area (Å²) in [5.41, 5.74) is 3.95. The van der Waals surface area contributed by atoms with Crippen LogP contribution >= 0.6 is 0 Å². The fourth-order valence-electron chi connectivity index (χ4n) is 2.60. The number of aryl methyl sites for hydroxylation is 2. The van der Waals surface area contributed by atoms with Gasteiger partial charge in [-0.25, -0.2) is 0 Å². The first-order chi connectivity index (χ1) is 12.1. The maximum absolute atomic E-state index is 12.3. The Balaban J connectivity index is 2.13. The maximum Gasteiger partial charge on any atom is 0.248 e. The van der Waals surface area contributed by atoms with Crippen LogP contribution in [0.5, 0.6) is 11.5 Å². The summed E-state index contributed by atoms with van der Waals surface area (Å²) >= 11 is 0. The topological polar surface area (TPSA) is 47.6 Å². The summed E-state index contributed by atoms with van der Waals surface area (Å²) < 4.78 is 10.8. The molecule has 0 fully saturated rings. The SMILES string of the molecule is CCOc1ccc(/C=C/C(=O)Nc2c(C)cccc2CC)cc1OC. The van der Waals surface area contributed by atoms with Crippen molar-refractivity contribution in [3.63, 3.8) is 0 Å². The van der Waals surface area contributed by atoms with Gasteiger partial charge in [0.1, 0.15) is 0 Å². The zero-order valence-electron chi connectivity index (χ0n) is 15.3. The molecule has 1 N–H and O–H groups in total. The van der Waals surface area contributed by atoms with Gasteiger partial charge in [-0.3, -0.25) is 4.79 Å². The lowest BCUT2D eigenvalue weighted by molar-refractivity contribution is -0.111. The van der Waals surface area contributed by atoms with Crippen LogP contribution in [-0.4, -0.2) is 19.6 Å². The molecule has 2 rings (SSSR count). The van der Waals surface area contributed by atoms with Gasteiger partial charge >= 0.3 is 0 Å². The van der Waals surface area contributed by atoms with E-state index in [1.165, 1.54) is 6.08 Å². The van der Waals surface area contributed by atoms with Crippen LogP contribution in [0.15, 0.2) is 42.5 Å². The van der Waals surface area contributed by atoms with Gasteiger partial charge in [0.25, 0.3) is 0 Å². The van der Waals surface area contributed by atoms with Crippen LogP contribution in [0.4, 0.5) is 5.69 Å². The van der Waals surface area contributed by atoms with E-state index >= 15 is 0 Å². The summed E-state index contributed by atoms with van der Waals surface area (Å²) in [6.07, 6.45) is 4.16. The molecule has 0 aliphatic heterocycles. The third-order valence-electron chi connectivity index (χ3n) is 3.90. The van der Waals surface area contributed by atoms with Crippen molar-refractivity contribution in [2.45, 2.75) is 27.2 Å². The summed E-state index contributed by atoms with van der Waals surface area (Å²) in [4.78, 5) is 12.3. The van der Waals surface area contributed by atoms with E-state index in [0.717, 1.165) is 28.8 Å². The Morgan fingerprint density at radius 3 is 2.64 bits per heavy atom. The van der Waals surface area contributed by atoms with Crippen molar-refractivity contribution in [2.75, 3.05) is 19.0 Å². The molecule has 4 heteroatoms. The lowest BCUT2D eigenvalue weighted by Crippen LogP contribution is -2.11. The van der Waals surface area contributed by atoms with Gasteiger partial charge in [-0.2, -0.15) is 0 Å². The van der Waals surface area contributed by atoms with E-state index in [1.807, 2.05) is 50.2 Å². The normalized spacial score (nSPS) is 10.7. The number of nitrogens with one attached hydrogen (secondary N) is 1. The Labute approximate surface area is 149 Å². The second-order valence-electron chi connectivity index (χ2n) is 5.63. The lowest BCUT2D eigenvalue weighted by Gasteiger charge is -2.11. The van der Waals surface area contributed by atoms with Gasteiger partial charge in [0, 0.05) is 11.8 Å². The number of ether oxygens (including phenoxy) is 2. The zero-order valence-corrected chi connectivity index (χ0v) is 15.3. The molecule has 0 saturated heterocycles. The van der Waals surface area contributed by atoms with Gasteiger partial charge in [-0.15, -0.1) is 0 Å². The lowest BCUT2D eigenvalue weighted by atomic mass is 10.1. The fourth-order valence-corrected chi connectivity index (χ4v) is 2.60. The number of amides is 1. The van der Waals surface area contributed by atoms with Crippen molar-refractivity contribution in [3.8, 4) is 11.5 Å². The summed E-state index contributed by atoms with van der Waals surface area (Å²) in [7, 11) is 1.60. The van der Waals surface area contributed by atoms with E-state index in [-0.39, 0.29) is 5.91 Å². The van der Waals surface area contributed by atoms with Crippen LogP contribution in [-0.2, 0) is 11.2 Å². The third kappa shape index (κ3) is 4.86. The summed E-state index contributed by atoms with van der Waals surface area (Å²) in [6.45, 7) is 6.57. The number of para-hydroxylation sites is 1. The van der Waals surface area contributed by atoms with Gasteiger partial charge in [0.2, 0.25) is 5.91 Å².